The molecule has 0 radical (unpaired) electrons. The fourth-order valence-electron chi connectivity index (χ4n) is 2.73. The molecule has 1 N–H and O–H groups in total. The second kappa shape index (κ2) is 5.20. The summed E-state index contributed by atoms with van der Waals surface area (Å²) in [4.78, 5) is 19.8. The van der Waals surface area contributed by atoms with E-state index in [0.717, 1.165) is 27.9 Å². The van der Waals surface area contributed by atoms with E-state index in [4.69, 9.17) is 0 Å². The number of hydrogen-bond donors (Lipinski definition) is 1. The Morgan fingerprint density at radius 3 is 2.86 bits per heavy atom. The number of benzene rings is 1. The van der Waals surface area contributed by atoms with E-state index in [0.29, 0.717) is 12.8 Å². The van der Waals surface area contributed by atoms with Crippen LogP contribution >= 0.6 is 0 Å². The number of aromatic nitrogens is 3. The number of rotatable bonds is 4. The number of imidazole rings is 1. The van der Waals surface area contributed by atoms with Gasteiger partial charge in [0.05, 0.1) is 12.0 Å². The van der Waals surface area contributed by atoms with Gasteiger partial charge in [-0.25, -0.2) is 4.98 Å². The molecule has 4 heteroatoms. The quantitative estimate of drug-likeness (QED) is 0.746. The van der Waals surface area contributed by atoms with E-state index >= 15 is 0 Å². The van der Waals surface area contributed by atoms with Crippen LogP contribution < -0.4 is 0 Å². The second-order valence-electron chi connectivity index (χ2n) is 5.57. The predicted molar refractivity (Wildman–Crippen MR) is 83.6 cm³/mol. The molecule has 0 bridgehead atoms. The highest BCUT2D eigenvalue weighted by molar-refractivity contribution is 6.08. The van der Waals surface area contributed by atoms with Crippen LogP contribution in [-0.2, 0) is 13.5 Å². The van der Waals surface area contributed by atoms with Crippen LogP contribution in [0.2, 0.25) is 0 Å². The van der Waals surface area contributed by atoms with Crippen molar-refractivity contribution in [1.82, 2.24) is 14.5 Å². The van der Waals surface area contributed by atoms with Gasteiger partial charge in [0.1, 0.15) is 0 Å². The number of hydrogen-bond acceptors (Lipinski definition) is 2. The van der Waals surface area contributed by atoms with Gasteiger partial charge in [-0.3, -0.25) is 4.79 Å². The first-order valence-electron chi connectivity index (χ1n) is 7.14. The lowest BCUT2D eigenvalue weighted by molar-refractivity contribution is 0.0984. The third-order valence-electron chi connectivity index (χ3n) is 3.97. The number of H-pyrrole nitrogens is 1. The van der Waals surface area contributed by atoms with Crippen LogP contribution in [0.3, 0.4) is 0 Å². The monoisotopic (exact) mass is 281 g/mol. The van der Waals surface area contributed by atoms with E-state index in [1.54, 1.807) is 6.33 Å². The normalized spacial score (nSPS) is 11.2. The molecule has 0 fully saturated rings. The lowest BCUT2D eigenvalue weighted by Crippen LogP contribution is -2.01. The van der Waals surface area contributed by atoms with Crippen molar-refractivity contribution in [2.75, 3.05) is 0 Å². The summed E-state index contributed by atoms with van der Waals surface area (Å²) in [6.07, 6.45) is 4.77. The summed E-state index contributed by atoms with van der Waals surface area (Å²) in [5.74, 6) is 0.175. The smallest absolute Gasteiger partial charge is 0.165 e. The molecule has 1 aromatic carbocycles. The van der Waals surface area contributed by atoms with Gasteiger partial charge in [-0.05, 0) is 32.4 Å². The van der Waals surface area contributed by atoms with Crippen molar-refractivity contribution in [2.24, 2.45) is 7.05 Å². The van der Waals surface area contributed by atoms with Gasteiger partial charge < -0.3 is 9.55 Å². The van der Waals surface area contributed by atoms with Crippen molar-refractivity contribution in [3.05, 3.63) is 53.2 Å². The Morgan fingerprint density at radius 2 is 2.14 bits per heavy atom. The number of aromatic amines is 1. The average Bonchev–Trinajstić information content (AvgIpc) is 3.00. The van der Waals surface area contributed by atoms with Crippen molar-refractivity contribution >= 4 is 16.7 Å². The van der Waals surface area contributed by atoms with Crippen LogP contribution in [-0.4, -0.2) is 20.3 Å². The number of nitrogens with one attached hydrogen (secondary N) is 1. The molecule has 0 aliphatic carbocycles. The van der Waals surface area contributed by atoms with E-state index in [-0.39, 0.29) is 5.78 Å². The number of Topliss-reactive ketones (excluding diaryl/α,β-unsaturated/α-hetero) is 1. The first-order chi connectivity index (χ1) is 10.1. The van der Waals surface area contributed by atoms with Gasteiger partial charge in [0.15, 0.2) is 5.78 Å². The number of aryl methyl sites for hydroxylation is 4. The molecule has 3 rings (SSSR count). The summed E-state index contributed by atoms with van der Waals surface area (Å²) in [5.41, 5.74) is 5.09. The van der Waals surface area contributed by atoms with Gasteiger partial charge in [0, 0.05) is 41.8 Å². The zero-order chi connectivity index (χ0) is 15.0. The number of nitrogens with zero attached hydrogens (tertiary/aromatic N) is 2. The van der Waals surface area contributed by atoms with E-state index in [1.807, 2.05) is 31.7 Å². The van der Waals surface area contributed by atoms with Crippen molar-refractivity contribution in [1.29, 1.82) is 0 Å². The molecule has 0 aliphatic heterocycles. The summed E-state index contributed by atoms with van der Waals surface area (Å²) in [6, 6.07) is 6.23. The Hall–Kier alpha value is -2.36. The zero-order valence-corrected chi connectivity index (χ0v) is 12.6. The maximum atomic E-state index is 12.5. The molecule has 2 heterocycles. The molecular weight excluding hydrogens is 262 g/mol. The number of fused-ring (bicyclic) bond motifs is 1. The standard InChI is InChI=1S/C17H19N3O/c1-11-4-6-16-13(8-11)14(9-20(16)3)17(21)7-5-15-12(2)18-10-19-15/h4,6,8-10H,5,7H2,1-3H3,(H,18,19). The Kier molecular flexibility index (Phi) is 3.37. The van der Waals surface area contributed by atoms with Crippen LogP contribution in [0.5, 0.6) is 0 Å². The number of carbonyl (C=O) groups is 1. The van der Waals surface area contributed by atoms with E-state index in [2.05, 4.69) is 28.2 Å². The Balaban J connectivity index is 1.88. The van der Waals surface area contributed by atoms with Crippen LogP contribution in [0.1, 0.15) is 33.7 Å². The minimum absolute atomic E-state index is 0.175. The van der Waals surface area contributed by atoms with Gasteiger partial charge >= 0.3 is 0 Å². The molecule has 3 aromatic rings. The maximum absolute atomic E-state index is 12.5. The summed E-state index contributed by atoms with van der Waals surface area (Å²) in [7, 11) is 1.98. The van der Waals surface area contributed by atoms with Crippen LogP contribution in [0, 0.1) is 13.8 Å². The third kappa shape index (κ3) is 2.49. The van der Waals surface area contributed by atoms with Crippen LogP contribution in [0.25, 0.3) is 10.9 Å². The van der Waals surface area contributed by atoms with Gasteiger partial charge in [0.25, 0.3) is 0 Å². The lowest BCUT2D eigenvalue weighted by Gasteiger charge is -2.00. The zero-order valence-electron chi connectivity index (χ0n) is 12.6. The summed E-state index contributed by atoms with van der Waals surface area (Å²) < 4.78 is 2.02. The second-order valence-corrected chi connectivity index (χ2v) is 5.57. The van der Waals surface area contributed by atoms with E-state index < -0.39 is 0 Å². The first-order valence-corrected chi connectivity index (χ1v) is 7.14. The molecule has 0 saturated heterocycles. The topological polar surface area (TPSA) is 50.7 Å². The molecule has 2 aromatic heterocycles. The fraction of sp³-hybridized carbons (Fsp3) is 0.294. The molecule has 4 nitrogen and oxygen atoms in total. The third-order valence-corrected chi connectivity index (χ3v) is 3.97. The summed E-state index contributed by atoms with van der Waals surface area (Å²) in [6.45, 7) is 4.03. The highest BCUT2D eigenvalue weighted by atomic mass is 16.1. The molecule has 0 saturated carbocycles. The van der Waals surface area contributed by atoms with Crippen LogP contribution in [0.4, 0.5) is 0 Å². The average molecular weight is 281 g/mol. The van der Waals surface area contributed by atoms with Gasteiger partial charge in [-0.2, -0.15) is 0 Å². The van der Waals surface area contributed by atoms with E-state index in [1.165, 1.54) is 5.56 Å². The maximum Gasteiger partial charge on any atom is 0.165 e. The highest BCUT2D eigenvalue weighted by Gasteiger charge is 2.15. The highest BCUT2D eigenvalue weighted by Crippen LogP contribution is 2.23. The number of ketones is 1. The SMILES string of the molecule is Cc1ccc2c(c1)c(C(=O)CCc1nc[nH]c1C)cn2C. The Labute approximate surface area is 123 Å². The predicted octanol–water partition coefficient (Wildman–Crippen LogP) is 3.33. The minimum atomic E-state index is 0.175. The van der Waals surface area contributed by atoms with E-state index in [9.17, 15) is 4.79 Å². The van der Waals surface area contributed by atoms with Gasteiger partial charge in [-0.1, -0.05) is 11.6 Å². The molecule has 0 unspecified atom stereocenters. The van der Waals surface area contributed by atoms with Crippen molar-refractivity contribution in [3.63, 3.8) is 0 Å². The van der Waals surface area contributed by atoms with Crippen LogP contribution in [0.15, 0.2) is 30.7 Å². The van der Waals surface area contributed by atoms with Crippen molar-refractivity contribution < 1.29 is 4.79 Å². The Morgan fingerprint density at radius 1 is 1.33 bits per heavy atom. The van der Waals surface area contributed by atoms with Gasteiger partial charge in [-0.15, -0.1) is 0 Å². The fourth-order valence-corrected chi connectivity index (χ4v) is 2.73. The van der Waals surface area contributed by atoms with Crippen molar-refractivity contribution in [3.8, 4) is 0 Å². The molecule has 108 valence electrons. The first kappa shape index (κ1) is 13.6. The molecular formula is C17H19N3O. The Bertz CT molecular complexity index is 811. The lowest BCUT2D eigenvalue weighted by atomic mass is 10.0. The number of carbonyl (C=O) groups excluding carboxylic acids is 1. The molecule has 21 heavy (non-hydrogen) atoms. The van der Waals surface area contributed by atoms with Gasteiger partial charge in [0.2, 0.25) is 0 Å². The summed E-state index contributed by atoms with van der Waals surface area (Å²) >= 11 is 0. The molecule has 0 atom stereocenters. The molecule has 0 amide bonds. The summed E-state index contributed by atoms with van der Waals surface area (Å²) in [5, 5.41) is 1.04. The largest absolute Gasteiger partial charge is 0.350 e. The van der Waals surface area contributed by atoms with Crippen molar-refractivity contribution in [2.45, 2.75) is 26.7 Å². The molecule has 0 aliphatic rings. The molecule has 0 spiro atoms. The minimum Gasteiger partial charge on any atom is -0.350 e.